The Bertz CT molecular complexity index is 836. The van der Waals surface area contributed by atoms with E-state index in [-0.39, 0.29) is 43.1 Å². The molecule has 3 amide bonds. The number of nitrogens with one attached hydrogen (secondary N) is 3. The first kappa shape index (κ1) is 29.2. The number of piperidine rings is 1. The molecule has 2 aliphatic rings. The molecule has 8 nitrogen and oxygen atoms in total. The van der Waals surface area contributed by atoms with Gasteiger partial charge >= 0.3 is 12.1 Å². The number of methoxy groups -OCH3 is 1. The number of alkyl carbamates (subject to hydrolysis) is 1. The van der Waals surface area contributed by atoms with Crippen LogP contribution in [0.15, 0.2) is 24.3 Å². The number of likely N-dealkylation sites (N-methyl/N-ethyl adjacent to an activating group) is 1. The third-order valence-corrected chi connectivity index (χ3v) is 7.52. The summed E-state index contributed by atoms with van der Waals surface area (Å²) >= 11 is 0. The second-order valence-corrected chi connectivity index (χ2v) is 10.3. The van der Waals surface area contributed by atoms with Crippen LogP contribution in [0.3, 0.4) is 0 Å². The number of urea groups is 1. The van der Waals surface area contributed by atoms with Gasteiger partial charge in [-0.05, 0) is 49.4 Å². The number of nitrogens with zero attached hydrogens (tertiary/aromatic N) is 1. The smallest absolute Gasteiger partial charge is 0.406 e. The molecule has 0 radical (unpaired) electrons. The number of likely N-dealkylation sites (tertiary alicyclic amines) is 1. The highest BCUT2D eigenvalue weighted by Crippen LogP contribution is 2.33. The monoisotopic (exact) mass is 520 g/mol. The predicted molar refractivity (Wildman–Crippen MR) is 142 cm³/mol. The zero-order valence-corrected chi connectivity index (χ0v) is 22.5. The van der Waals surface area contributed by atoms with Crippen molar-refractivity contribution in [3.63, 3.8) is 0 Å². The second kappa shape index (κ2) is 15.8. The molecule has 0 spiro atoms. The molecule has 208 valence electrons. The summed E-state index contributed by atoms with van der Waals surface area (Å²) in [6, 6.07) is 6.52. The molecule has 1 saturated heterocycles. The number of ether oxygens (including phenoxy) is 2. The molecule has 3 N–H and O–H groups in total. The van der Waals surface area contributed by atoms with Gasteiger partial charge in [-0.2, -0.15) is 0 Å². The third-order valence-electron chi connectivity index (χ3n) is 7.52. The predicted octanol–water partition coefficient (Wildman–Crippen LogP) is 4.61. The Hall–Kier alpha value is -2.39. The van der Waals surface area contributed by atoms with Gasteiger partial charge in [0.25, 0.3) is 0 Å². The van der Waals surface area contributed by atoms with Crippen LogP contribution in [0, 0.1) is 17.7 Å². The standard InChI is InChI=1S/C28H45FN4O4/c1-3-30-19-25(17-21-9-5-4-6-10-21)32-27(34)33-15-8-12-23(20-33)26(22-11-7-13-24(29)18-22)37-16-14-31-28(35)36-2/h7,11,13,18,21,23,25-26,30H,3-6,8-10,12,14-17,19-20H2,1-2H3,(H,31,35)(H,32,34). The fourth-order valence-electron chi connectivity index (χ4n) is 5.64. The first-order chi connectivity index (χ1) is 18.0. The van der Waals surface area contributed by atoms with Crippen molar-refractivity contribution >= 4 is 12.1 Å². The Morgan fingerprint density at radius 3 is 2.70 bits per heavy atom. The molecule has 3 atom stereocenters. The van der Waals surface area contributed by atoms with Crippen molar-refractivity contribution in [3.8, 4) is 0 Å². The molecule has 1 aliphatic carbocycles. The van der Waals surface area contributed by atoms with Crippen molar-refractivity contribution in [3.05, 3.63) is 35.6 Å². The van der Waals surface area contributed by atoms with Crippen LogP contribution in [-0.4, -0.2) is 69.5 Å². The Morgan fingerprint density at radius 2 is 1.97 bits per heavy atom. The lowest BCUT2D eigenvalue weighted by atomic mass is 9.84. The number of rotatable bonds is 12. The summed E-state index contributed by atoms with van der Waals surface area (Å²) in [4.78, 5) is 26.6. The van der Waals surface area contributed by atoms with Crippen LogP contribution in [0.4, 0.5) is 14.0 Å². The normalized spacial score (nSPS) is 20.2. The average molecular weight is 521 g/mol. The number of carbonyl (C=O) groups excluding carboxylic acids is 2. The van der Waals surface area contributed by atoms with Gasteiger partial charge in [0.05, 0.1) is 19.8 Å². The number of halogens is 1. The van der Waals surface area contributed by atoms with E-state index in [0.29, 0.717) is 19.0 Å². The molecule has 3 unspecified atom stereocenters. The zero-order valence-electron chi connectivity index (χ0n) is 22.5. The van der Waals surface area contributed by atoms with Crippen LogP contribution in [0.25, 0.3) is 0 Å². The highest BCUT2D eigenvalue weighted by molar-refractivity contribution is 5.74. The summed E-state index contributed by atoms with van der Waals surface area (Å²) < 4.78 is 24.9. The third kappa shape index (κ3) is 9.78. The first-order valence-electron chi connectivity index (χ1n) is 13.9. The summed E-state index contributed by atoms with van der Waals surface area (Å²) in [6.07, 6.45) is 8.24. The molecule has 1 aliphatic heterocycles. The Kier molecular flexibility index (Phi) is 12.4. The van der Waals surface area contributed by atoms with E-state index >= 15 is 0 Å². The summed E-state index contributed by atoms with van der Waals surface area (Å²) in [5.74, 6) is 0.374. The molecule has 1 saturated carbocycles. The summed E-state index contributed by atoms with van der Waals surface area (Å²) in [6.45, 7) is 5.50. The van der Waals surface area contributed by atoms with Crippen molar-refractivity contribution in [2.75, 3.05) is 46.4 Å². The Labute approximate surface area is 221 Å². The maximum Gasteiger partial charge on any atom is 0.406 e. The molecule has 9 heteroatoms. The number of carbonyl (C=O) groups is 2. The van der Waals surface area contributed by atoms with Crippen LogP contribution in [-0.2, 0) is 9.47 Å². The maximum atomic E-state index is 14.1. The SMILES string of the molecule is CCNCC(CC1CCCCC1)NC(=O)N1CCCC(C(OCCNC(=O)OC)c2cccc(F)c2)C1. The van der Waals surface area contributed by atoms with Crippen LogP contribution in [0.1, 0.15) is 70.0 Å². The van der Waals surface area contributed by atoms with Gasteiger partial charge in [-0.1, -0.05) is 51.2 Å². The Morgan fingerprint density at radius 1 is 1.16 bits per heavy atom. The lowest BCUT2D eigenvalue weighted by Gasteiger charge is -2.38. The van der Waals surface area contributed by atoms with Gasteiger partial charge in [-0.15, -0.1) is 0 Å². The van der Waals surface area contributed by atoms with Crippen LogP contribution < -0.4 is 16.0 Å². The molecule has 1 aromatic rings. The van der Waals surface area contributed by atoms with E-state index in [1.165, 1.54) is 51.3 Å². The minimum absolute atomic E-state index is 0.0185. The van der Waals surface area contributed by atoms with E-state index in [9.17, 15) is 14.0 Å². The topological polar surface area (TPSA) is 91.9 Å². The van der Waals surface area contributed by atoms with Crippen molar-refractivity contribution in [1.82, 2.24) is 20.9 Å². The maximum absolute atomic E-state index is 14.1. The number of hydrogen-bond acceptors (Lipinski definition) is 5. The molecule has 3 rings (SSSR count). The van der Waals surface area contributed by atoms with E-state index in [0.717, 1.165) is 37.9 Å². The Balaban J connectivity index is 1.62. The molecular weight excluding hydrogens is 475 g/mol. The van der Waals surface area contributed by atoms with Crippen molar-refractivity contribution in [1.29, 1.82) is 0 Å². The van der Waals surface area contributed by atoms with Gasteiger partial charge in [-0.25, -0.2) is 14.0 Å². The number of hydrogen-bond donors (Lipinski definition) is 3. The number of amides is 3. The molecule has 1 heterocycles. The van der Waals surface area contributed by atoms with E-state index in [2.05, 4.69) is 27.6 Å². The molecule has 37 heavy (non-hydrogen) atoms. The minimum atomic E-state index is -0.522. The van der Waals surface area contributed by atoms with Crippen LogP contribution >= 0.6 is 0 Å². The first-order valence-corrected chi connectivity index (χ1v) is 13.9. The summed E-state index contributed by atoms with van der Waals surface area (Å²) in [5, 5.41) is 9.34. The molecular formula is C28H45FN4O4. The van der Waals surface area contributed by atoms with Crippen molar-refractivity contribution in [2.45, 2.75) is 70.4 Å². The minimum Gasteiger partial charge on any atom is -0.453 e. The molecule has 1 aromatic carbocycles. The lowest BCUT2D eigenvalue weighted by molar-refractivity contribution is -0.00880. The average Bonchev–Trinajstić information content (AvgIpc) is 2.92. The summed E-state index contributed by atoms with van der Waals surface area (Å²) in [7, 11) is 1.31. The zero-order chi connectivity index (χ0) is 26.5. The molecule has 0 bridgehead atoms. The quantitative estimate of drug-likeness (QED) is 0.350. The van der Waals surface area contributed by atoms with Gasteiger partial charge in [0.2, 0.25) is 0 Å². The largest absolute Gasteiger partial charge is 0.453 e. The van der Waals surface area contributed by atoms with Crippen LogP contribution in [0.2, 0.25) is 0 Å². The van der Waals surface area contributed by atoms with Crippen molar-refractivity contribution < 1.29 is 23.5 Å². The summed E-state index contributed by atoms with van der Waals surface area (Å²) in [5.41, 5.74) is 0.743. The van der Waals surface area contributed by atoms with E-state index < -0.39 is 6.09 Å². The van der Waals surface area contributed by atoms with Crippen LogP contribution in [0.5, 0.6) is 0 Å². The van der Waals surface area contributed by atoms with Crippen molar-refractivity contribution in [2.24, 2.45) is 11.8 Å². The van der Waals surface area contributed by atoms with Gasteiger partial charge in [0.15, 0.2) is 0 Å². The molecule has 0 aromatic heterocycles. The van der Waals surface area contributed by atoms with Gasteiger partial charge in [0, 0.05) is 38.1 Å². The lowest BCUT2D eigenvalue weighted by Crippen LogP contribution is -2.52. The second-order valence-electron chi connectivity index (χ2n) is 10.3. The van der Waals surface area contributed by atoms with Gasteiger partial charge in [-0.3, -0.25) is 0 Å². The van der Waals surface area contributed by atoms with Gasteiger partial charge < -0.3 is 30.3 Å². The van der Waals surface area contributed by atoms with E-state index in [4.69, 9.17) is 4.74 Å². The molecule has 2 fully saturated rings. The fraction of sp³-hybridized carbons (Fsp3) is 0.714. The highest BCUT2D eigenvalue weighted by Gasteiger charge is 2.32. The van der Waals surface area contributed by atoms with Gasteiger partial charge in [0.1, 0.15) is 5.82 Å². The number of benzene rings is 1. The highest BCUT2D eigenvalue weighted by atomic mass is 19.1. The fourth-order valence-corrected chi connectivity index (χ4v) is 5.64. The van der Waals surface area contributed by atoms with E-state index in [1.807, 2.05) is 11.0 Å². The van der Waals surface area contributed by atoms with E-state index in [1.54, 1.807) is 6.07 Å².